The van der Waals surface area contributed by atoms with Gasteiger partial charge < -0.3 is 15.1 Å². The van der Waals surface area contributed by atoms with Crippen molar-refractivity contribution in [1.29, 1.82) is 0 Å². The summed E-state index contributed by atoms with van der Waals surface area (Å²) in [6, 6.07) is 18.1. The molecule has 126 valence electrons. The summed E-state index contributed by atoms with van der Waals surface area (Å²) in [5, 5.41) is 3.22. The Bertz CT molecular complexity index is 648. The van der Waals surface area contributed by atoms with E-state index in [2.05, 4.69) is 34.5 Å². The summed E-state index contributed by atoms with van der Waals surface area (Å²) >= 11 is 0. The van der Waals surface area contributed by atoms with E-state index >= 15 is 0 Å². The minimum Gasteiger partial charge on any atom is -0.376 e. The molecule has 2 aromatic carbocycles. The molecule has 0 saturated carbocycles. The van der Waals surface area contributed by atoms with E-state index in [1.54, 1.807) is 11.9 Å². The van der Waals surface area contributed by atoms with Gasteiger partial charge in [-0.1, -0.05) is 18.2 Å². The van der Waals surface area contributed by atoms with Crippen molar-refractivity contribution in [3.63, 3.8) is 0 Å². The molecule has 24 heavy (non-hydrogen) atoms. The van der Waals surface area contributed by atoms with Gasteiger partial charge in [0.1, 0.15) is 0 Å². The maximum Gasteiger partial charge on any atom is 0.246 e. The Labute approximate surface area is 144 Å². The molecule has 1 saturated heterocycles. The highest BCUT2D eigenvalue weighted by Gasteiger charge is 2.12. The highest BCUT2D eigenvalue weighted by atomic mass is 16.2. The summed E-state index contributed by atoms with van der Waals surface area (Å²) in [7, 11) is 1.80. The number of nitrogens with one attached hydrogen (secondary N) is 1. The molecule has 3 rings (SSSR count). The van der Waals surface area contributed by atoms with Crippen molar-refractivity contribution in [3.8, 4) is 0 Å². The molecule has 1 aliphatic heterocycles. The van der Waals surface area contributed by atoms with Gasteiger partial charge in [0.15, 0.2) is 0 Å². The molecule has 0 bridgehead atoms. The second-order valence-electron chi connectivity index (χ2n) is 6.24. The lowest BCUT2D eigenvalue weighted by atomic mass is 10.1. The lowest BCUT2D eigenvalue weighted by molar-refractivity contribution is -0.116. The summed E-state index contributed by atoms with van der Waals surface area (Å²) in [4.78, 5) is 16.4. The highest BCUT2D eigenvalue weighted by Crippen LogP contribution is 2.21. The number of rotatable bonds is 5. The number of carbonyl (C=O) groups excluding carboxylic acids is 1. The topological polar surface area (TPSA) is 35.6 Å². The number of benzene rings is 2. The molecule has 0 atom stereocenters. The van der Waals surface area contributed by atoms with E-state index in [9.17, 15) is 4.79 Å². The molecule has 1 amide bonds. The van der Waals surface area contributed by atoms with Crippen molar-refractivity contribution in [1.82, 2.24) is 0 Å². The average molecular weight is 323 g/mol. The summed E-state index contributed by atoms with van der Waals surface area (Å²) in [5.41, 5.74) is 3.16. The molecule has 2 aromatic rings. The zero-order chi connectivity index (χ0) is 16.8. The van der Waals surface area contributed by atoms with Crippen molar-refractivity contribution in [3.05, 3.63) is 54.6 Å². The van der Waals surface area contributed by atoms with Crippen LogP contribution in [0.5, 0.6) is 0 Å². The van der Waals surface area contributed by atoms with Gasteiger partial charge in [0.25, 0.3) is 0 Å². The zero-order valence-corrected chi connectivity index (χ0v) is 14.2. The first-order valence-electron chi connectivity index (χ1n) is 8.64. The monoisotopic (exact) mass is 323 g/mol. The fourth-order valence-corrected chi connectivity index (χ4v) is 3.03. The predicted molar refractivity (Wildman–Crippen MR) is 101 cm³/mol. The number of amides is 1. The fourth-order valence-electron chi connectivity index (χ4n) is 3.03. The first-order chi connectivity index (χ1) is 11.7. The largest absolute Gasteiger partial charge is 0.376 e. The Morgan fingerprint density at radius 1 is 1.00 bits per heavy atom. The number of nitrogens with zero attached hydrogens (tertiary/aromatic N) is 2. The van der Waals surface area contributed by atoms with Crippen LogP contribution >= 0.6 is 0 Å². The van der Waals surface area contributed by atoms with Gasteiger partial charge in [-0.3, -0.25) is 4.79 Å². The zero-order valence-electron chi connectivity index (χ0n) is 14.2. The lowest BCUT2D eigenvalue weighted by Crippen LogP contribution is -2.32. The molecule has 4 nitrogen and oxygen atoms in total. The first-order valence-corrected chi connectivity index (χ1v) is 8.64. The molecular formula is C20H25N3O. The predicted octanol–water partition coefficient (Wildman–Crippen LogP) is 3.75. The van der Waals surface area contributed by atoms with Gasteiger partial charge in [0, 0.05) is 37.2 Å². The molecule has 0 aliphatic carbocycles. The van der Waals surface area contributed by atoms with Crippen molar-refractivity contribution in [2.45, 2.75) is 19.3 Å². The second-order valence-corrected chi connectivity index (χ2v) is 6.24. The maximum atomic E-state index is 12.3. The van der Waals surface area contributed by atoms with Crippen LogP contribution in [0.3, 0.4) is 0 Å². The Balaban J connectivity index is 1.53. The number of likely N-dealkylation sites (N-methyl/N-ethyl adjacent to an activating group) is 1. The third kappa shape index (κ3) is 4.07. The number of piperidine rings is 1. The minimum atomic E-state index is 0.0429. The van der Waals surface area contributed by atoms with Crippen molar-refractivity contribution in [2.24, 2.45) is 0 Å². The smallest absolute Gasteiger partial charge is 0.246 e. The van der Waals surface area contributed by atoms with E-state index in [1.807, 2.05) is 30.3 Å². The maximum absolute atomic E-state index is 12.3. The summed E-state index contributed by atoms with van der Waals surface area (Å²) in [6.07, 6.45) is 3.90. The van der Waals surface area contributed by atoms with E-state index in [0.29, 0.717) is 0 Å². The molecule has 1 aliphatic rings. The summed E-state index contributed by atoms with van der Waals surface area (Å²) in [6.45, 7) is 2.58. The van der Waals surface area contributed by atoms with Crippen LogP contribution in [0, 0.1) is 0 Å². The van der Waals surface area contributed by atoms with Crippen LogP contribution in [-0.4, -0.2) is 32.6 Å². The average Bonchev–Trinajstić information content (AvgIpc) is 2.67. The van der Waals surface area contributed by atoms with Gasteiger partial charge in [-0.2, -0.15) is 0 Å². The van der Waals surface area contributed by atoms with Crippen LogP contribution in [0.25, 0.3) is 0 Å². The third-order valence-electron chi connectivity index (χ3n) is 4.55. The van der Waals surface area contributed by atoms with Crippen LogP contribution in [0.1, 0.15) is 19.3 Å². The van der Waals surface area contributed by atoms with Gasteiger partial charge in [-0.05, 0) is 55.7 Å². The Kier molecular flexibility index (Phi) is 5.36. The molecule has 4 heteroatoms. The van der Waals surface area contributed by atoms with E-state index in [-0.39, 0.29) is 12.5 Å². The van der Waals surface area contributed by atoms with Crippen LogP contribution in [0.2, 0.25) is 0 Å². The van der Waals surface area contributed by atoms with Crippen molar-refractivity contribution >= 4 is 23.0 Å². The molecule has 1 heterocycles. The highest BCUT2D eigenvalue weighted by molar-refractivity contribution is 5.95. The summed E-state index contributed by atoms with van der Waals surface area (Å²) < 4.78 is 0. The van der Waals surface area contributed by atoms with Gasteiger partial charge in [0.05, 0.1) is 6.54 Å². The Morgan fingerprint density at radius 3 is 2.33 bits per heavy atom. The van der Waals surface area contributed by atoms with Crippen molar-refractivity contribution in [2.75, 3.05) is 41.8 Å². The number of hydrogen-bond donors (Lipinski definition) is 1. The van der Waals surface area contributed by atoms with E-state index in [1.165, 1.54) is 24.9 Å². The van der Waals surface area contributed by atoms with Crippen molar-refractivity contribution < 1.29 is 4.79 Å². The second kappa shape index (κ2) is 7.86. The third-order valence-corrected chi connectivity index (χ3v) is 4.55. The van der Waals surface area contributed by atoms with E-state index in [0.717, 1.165) is 24.5 Å². The molecule has 1 N–H and O–H groups in total. The van der Waals surface area contributed by atoms with Gasteiger partial charge in [-0.25, -0.2) is 0 Å². The van der Waals surface area contributed by atoms with Crippen LogP contribution in [-0.2, 0) is 4.79 Å². The number of carbonyl (C=O) groups is 1. The number of hydrogen-bond acceptors (Lipinski definition) is 3. The fraction of sp³-hybridized carbons (Fsp3) is 0.350. The normalized spacial score (nSPS) is 14.3. The van der Waals surface area contributed by atoms with Gasteiger partial charge >= 0.3 is 0 Å². The van der Waals surface area contributed by atoms with E-state index < -0.39 is 0 Å². The molecule has 0 aromatic heterocycles. The Hall–Kier alpha value is -2.49. The van der Waals surface area contributed by atoms with Crippen LogP contribution < -0.4 is 15.1 Å². The van der Waals surface area contributed by atoms with E-state index in [4.69, 9.17) is 0 Å². The number of anilines is 3. The SMILES string of the molecule is CN(C(=O)CNc1ccc(N2CCCCC2)cc1)c1ccccc1. The number of para-hydroxylation sites is 1. The van der Waals surface area contributed by atoms with Gasteiger partial charge in [0.2, 0.25) is 5.91 Å². The first kappa shape index (κ1) is 16.4. The molecule has 0 unspecified atom stereocenters. The minimum absolute atomic E-state index is 0.0429. The Morgan fingerprint density at radius 2 is 1.67 bits per heavy atom. The van der Waals surface area contributed by atoms with Gasteiger partial charge in [-0.15, -0.1) is 0 Å². The lowest BCUT2D eigenvalue weighted by Gasteiger charge is -2.28. The molecule has 1 fully saturated rings. The quantitative estimate of drug-likeness (QED) is 0.910. The molecular weight excluding hydrogens is 298 g/mol. The van der Waals surface area contributed by atoms with Crippen LogP contribution in [0.4, 0.5) is 17.1 Å². The molecule has 0 radical (unpaired) electrons. The van der Waals surface area contributed by atoms with Crippen LogP contribution in [0.15, 0.2) is 54.6 Å². The molecule has 0 spiro atoms. The standard InChI is InChI=1S/C20H25N3O/c1-22(18-8-4-2-5-9-18)20(24)16-21-17-10-12-19(13-11-17)23-14-6-3-7-15-23/h2,4-5,8-13,21H,3,6-7,14-16H2,1H3. The summed E-state index contributed by atoms with van der Waals surface area (Å²) in [5.74, 6) is 0.0429.